The number of benzene rings is 1. The Morgan fingerprint density at radius 1 is 1.29 bits per heavy atom. The van der Waals surface area contributed by atoms with Gasteiger partial charge in [0, 0.05) is 31.4 Å². The largest absolute Gasteiger partial charge is 0.376 e. The van der Waals surface area contributed by atoms with Crippen LogP contribution in [-0.2, 0) is 21.4 Å². The van der Waals surface area contributed by atoms with E-state index < -0.39 is 0 Å². The highest BCUT2D eigenvalue weighted by Gasteiger charge is 2.65. The van der Waals surface area contributed by atoms with E-state index in [0.717, 1.165) is 25.8 Å². The second kappa shape index (κ2) is 4.40. The molecule has 2 bridgehead atoms. The SMILES string of the molecule is CO[C@@]12CCC(=O)C[C@@]13CCN(C)[C@@H]2Cc1ccccc13. The maximum absolute atomic E-state index is 12.3. The molecule has 0 radical (unpaired) electrons. The first-order valence-corrected chi connectivity index (χ1v) is 7.98. The number of piperidine rings is 1. The molecular weight excluding hydrogens is 262 g/mol. The van der Waals surface area contributed by atoms with Gasteiger partial charge >= 0.3 is 0 Å². The van der Waals surface area contributed by atoms with Crippen LogP contribution in [0.25, 0.3) is 0 Å². The molecule has 1 aliphatic heterocycles. The Labute approximate surface area is 126 Å². The average Bonchev–Trinajstić information content (AvgIpc) is 2.51. The van der Waals surface area contributed by atoms with Crippen molar-refractivity contribution in [1.29, 1.82) is 0 Å². The van der Waals surface area contributed by atoms with E-state index in [9.17, 15) is 4.79 Å². The normalized spacial score (nSPS) is 38.8. The van der Waals surface area contributed by atoms with Crippen molar-refractivity contribution in [2.24, 2.45) is 0 Å². The maximum Gasteiger partial charge on any atom is 0.134 e. The predicted octanol–water partition coefficient (Wildman–Crippen LogP) is 2.32. The second-order valence-corrected chi connectivity index (χ2v) is 7.00. The van der Waals surface area contributed by atoms with Gasteiger partial charge in [0.1, 0.15) is 5.78 Å². The zero-order chi connectivity index (χ0) is 14.7. The summed E-state index contributed by atoms with van der Waals surface area (Å²) in [4.78, 5) is 14.7. The molecule has 2 aliphatic carbocycles. The third-order valence-electron chi connectivity index (χ3n) is 6.36. The van der Waals surface area contributed by atoms with Gasteiger partial charge in [-0.25, -0.2) is 0 Å². The van der Waals surface area contributed by atoms with Crippen molar-refractivity contribution in [3.63, 3.8) is 0 Å². The molecule has 3 atom stereocenters. The molecule has 1 heterocycles. The fourth-order valence-corrected chi connectivity index (χ4v) is 5.39. The number of Topliss-reactive ketones (excluding diaryl/α,β-unsaturated/α-hetero) is 1. The summed E-state index contributed by atoms with van der Waals surface area (Å²) in [5, 5.41) is 0. The summed E-state index contributed by atoms with van der Waals surface area (Å²) in [6, 6.07) is 9.10. The number of methoxy groups -OCH3 is 1. The zero-order valence-corrected chi connectivity index (χ0v) is 12.9. The van der Waals surface area contributed by atoms with Gasteiger partial charge in [-0.3, -0.25) is 4.79 Å². The number of hydrogen-bond acceptors (Lipinski definition) is 3. The van der Waals surface area contributed by atoms with Crippen LogP contribution in [0.5, 0.6) is 0 Å². The number of nitrogens with zero attached hydrogens (tertiary/aromatic N) is 1. The van der Waals surface area contributed by atoms with Crippen LogP contribution in [0.15, 0.2) is 24.3 Å². The number of rotatable bonds is 1. The Morgan fingerprint density at radius 3 is 2.90 bits per heavy atom. The quantitative estimate of drug-likeness (QED) is 0.793. The Hall–Kier alpha value is -1.19. The van der Waals surface area contributed by atoms with Gasteiger partial charge in [-0.05, 0) is 44.0 Å². The fraction of sp³-hybridized carbons (Fsp3) is 0.611. The first kappa shape index (κ1) is 13.5. The number of fused-ring (bicyclic) bond motifs is 1. The third kappa shape index (κ3) is 1.54. The summed E-state index contributed by atoms with van der Waals surface area (Å²) in [5.74, 6) is 0.405. The van der Waals surface area contributed by atoms with E-state index in [1.807, 2.05) is 7.11 Å². The lowest BCUT2D eigenvalue weighted by atomic mass is 9.49. The first-order valence-electron chi connectivity index (χ1n) is 7.98. The predicted molar refractivity (Wildman–Crippen MR) is 81.5 cm³/mol. The van der Waals surface area contributed by atoms with Crippen LogP contribution in [0.4, 0.5) is 0 Å². The topological polar surface area (TPSA) is 29.5 Å². The Bertz CT molecular complexity index is 599. The van der Waals surface area contributed by atoms with Gasteiger partial charge in [0.15, 0.2) is 0 Å². The molecule has 1 aromatic rings. The van der Waals surface area contributed by atoms with Crippen LogP contribution in [-0.4, -0.2) is 43.0 Å². The van der Waals surface area contributed by atoms with E-state index >= 15 is 0 Å². The lowest BCUT2D eigenvalue weighted by Crippen LogP contribution is -2.73. The highest BCUT2D eigenvalue weighted by atomic mass is 16.5. The average molecular weight is 285 g/mol. The van der Waals surface area contributed by atoms with Gasteiger partial charge in [0.25, 0.3) is 0 Å². The molecule has 0 aromatic heterocycles. The molecular formula is C18H23NO2. The van der Waals surface area contributed by atoms with Gasteiger partial charge in [0.2, 0.25) is 0 Å². The molecule has 1 aromatic carbocycles. The minimum Gasteiger partial charge on any atom is -0.376 e. The standard InChI is InChI=1S/C18H23NO2/c1-19-10-9-17-12-14(20)7-8-18(17,21-2)16(19)11-13-5-3-4-6-15(13)17/h3-6,16H,7-12H2,1-2H3/t16-,17-,18-/m1/s1. The van der Waals surface area contributed by atoms with E-state index in [1.54, 1.807) is 0 Å². The second-order valence-electron chi connectivity index (χ2n) is 7.00. The summed E-state index contributed by atoms with van der Waals surface area (Å²) in [7, 11) is 4.06. The molecule has 3 nitrogen and oxygen atoms in total. The third-order valence-corrected chi connectivity index (χ3v) is 6.36. The van der Waals surface area contributed by atoms with Crippen molar-refractivity contribution in [1.82, 2.24) is 4.90 Å². The van der Waals surface area contributed by atoms with E-state index in [2.05, 4.69) is 36.2 Å². The summed E-state index contributed by atoms with van der Waals surface area (Å²) in [6.07, 6.45) is 4.25. The van der Waals surface area contributed by atoms with E-state index in [1.165, 1.54) is 11.1 Å². The summed E-state index contributed by atoms with van der Waals surface area (Å²) in [5.41, 5.74) is 2.49. The number of likely N-dealkylation sites (tertiary alicyclic amines) is 1. The summed E-state index contributed by atoms with van der Waals surface area (Å²) < 4.78 is 6.22. The van der Waals surface area contributed by atoms with Gasteiger partial charge in [-0.15, -0.1) is 0 Å². The smallest absolute Gasteiger partial charge is 0.134 e. The number of ketones is 1. The Morgan fingerprint density at radius 2 is 2.10 bits per heavy atom. The summed E-state index contributed by atoms with van der Waals surface area (Å²) >= 11 is 0. The molecule has 0 N–H and O–H groups in total. The minimum absolute atomic E-state index is 0.108. The lowest BCUT2D eigenvalue weighted by molar-refractivity contribution is -0.183. The van der Waals surface area contributed by atoms with Crippen LogP contribution < -0.4 is 0 Å². The van der Waals surface area contributed by atoms with Crippen molar-refractivity contribution < 1.29 is 9.53 Å². The molecule has 4 rings (SSSR count). The molecule has 112 valence electrons. The number of carbonyl (C=O) groups excluding carboxylic acids is 1. The Balaban J connectivity index is 1.98. The van der Waals surface area contributed by atoms with Crippen LogP contribution in [0.1, 0.15) is 36.8 Å². The molecule has 1 saturated heterocycles. The molecule has 0 spiro atoms. The number of hydrogen-bond donors (Lipinski definition) is 0. The van der Waals surface area contributed by atoms with Gasteiger partial charge in [-0.1, -0.05) is 24.3 Å². The van der Waals surface area contributed by atoms with Crippen molar-refractivity contribution in [3.05, 3.63) is 35.4 Å². The number of likely N-dealkylation sites (N-methyl/N-ethyl adjacent to an activating group) is 1. The van der Waals surface area contributed by atoms with Crippen molar-refractivity contribution >= 4 is 5.78 Å². The van der Waals surface area contributed by atoms with Gasteiger partial charge < -0.3 is 9.64 Å². The van der Waals surface area contributed by atoms with Gasteiger partial charge in [0.05, 0.1) is 5.60 Å². The van der Waals surface area contributed by atoms with E-state index in [-0.39, 0.29) is 11.0 Å². The fourth-order valence-electron chi connectivity index (χ4n) is 5.39. The molecule has 2 fully saturated rings. The summed E-state index contributed by atoms with van der Waals surface area (Å²) in [6.45, 7) is 1.05. The highest BCUT2D eigenvalue weighted by molar-refractivity contribution is 5.82. The van der Waals surface area contributed by atoms with Crippen molar-refractivity contribution in [2.75, 3.05) is 20.7 Å². The van der Waals surface area contributed by atoms with Crippen LogP contribution in [0.3, 0.4) is 0 Å². The molecule has 0 unspecified atom stereocenters. The lowest BCUT2D eigenvalue weighted by Gasteiger charge is -2.64. The van der Waals surface area contributed by atoms with Crippen LogP contribution >= 0.6 is 0 Å². The molecule has 21 heavy (non-hydrogen) atoms. The molecule has 0 amide bonds. The number of ether oxygens (including phenoxy) is 1. The van der Waals surface area contributed by atoms with E-state index in [0.29, 0.717) is 24.7 Å². The van der Waals surface area contributed by atoms with Crippen molar-refractivity contribution in [3.8, 4) is 0 Å². The minimum atomic E-state index is -0.192. The van der Waals surface area contributed by atoms with Crippen LogP contribution in [0.2, 0.25) is 0 Å². The number of carbonyl (C=O) groups is 1. The monoisotopic (exact) mass is 285 g/mol. The molecule has 3 aliphatic rings. The van der Waals surface area contributed by atoms with E-state index in [4.69, 9.17) is 4.74 Å². The molecule has 1 saturated carbocycles. The highest BCUT2D eigenvalue weighted by Crippen LogP contribution is 2.58. The Kier molecular flexibility index (Phi) is 2.82. The molecule has 3 heteroatoms. The maximum atomic E-state index is 12.3. The van der Waals surface area contributed by atoms with Crippen LogP contribution in [0, 0.1) is 0 Å². The van der Waals surface area contributed by atoms with Gasteiger partial charge in [-0.2, -0.15) is 0 Å². The zero-order valence-electron chi connectivity index (χ0n) is 12.9. The first-order chi connectivity index (χ1) is 10.1. The van der Waals surface area contributed by atoms with Crippen molar-refractivity contribution in [2.45, 2.75) is 49.2 Å².